The van der Waals surface area contributed by atoms with E-state index in [0.717, 1.165) is 72.1 Å². The molecule has 0 saturated carbocycles. The first-order chi connectivity index (χ1) is 23.8. The van der Waals surface area contributed by atoms with Crippen LogP contribution in [0.1, 0.15) is 0 Å². The molecule has 0 fully saturated rings. The molecule has 3 heterocycles. The minimum atomic E-state index is 0.712. The normalized spacial score (nSPS) is 11.3. The third-order valence-electron chi connectivity index (χ3n) is 8.95. The average Bonchev–Trinajstić information content (AvgIpc) is 3.18. The third kappa shape index (κ3) is 4.97. The van der Waals surface area contributed by atoms with Gasteiger partial charge in [0.25, 0.3) is 0 Å². The Morgan fingerprint density at radius 1 is 0.333 bits per heavy atom. The topological polar surface area (TPSA) is 51.6 Å². The maximum absolute atomic E-state index is 5.15. The Balaban J connectivity index is 1.12. The van der Waals surface area contributed by atoms with Crippen LogP contribution in [0, 0.1) is 0 Å². The van der Waals surface area contributed by atoms with Gasteiger partial charge >= 0.3 is 0 Å². The predicted molar refractivity (Wildman–Crippen MR) is 197 cm³/mol. The Labute approximate surface area is 278 Å². The van der Waals surface area contributed by atoms with Gasteiger partial charge in [0.15, 0.2) is 5.82 Å². The summed E-state index contributed by atoms with van der Waals surface area (Å²) in [4.78, 5) is 19.8. The first-order valence-corrected chi connectivity index (χ1v) is 16.1. The monoisotopic (exact) mass is 612 g/mol. The molecular formula is C44H28N4. The molecule has 0 N–H and O–H groups in total. The van der Waals surface area contributed by atoms with Crippen molar-refractivity contribution in [2.45, 2.75) is 0 Å². The average molecular weight is 613 g/mol. The van der Waals surface area contributed by atoms with E-state index in [4.69, 9.17) is 15.0 Å². The van der Waals surface area contributed by atoms with Gasteiger partial charge in [0.05, 0.1) is 28.1 Å². The summed E-state index contributed by atoms with van der Waals surface area (Å²) in [5, 5.41) is 4.52. The zero-order chi connectivity index (χ0) is 31.9. The second-order valence-electron chi connectivity index (χ2n) is 11.9. The summed E-state index contributed by atoms with van der Waals surface area (Å²) in [5.74, 6) is 0.712. The fourth-order valence-electron chi connectivity index (χ4n) is 6.54. The smallest absolute Gasteiger partial charge is 0.160 e. The van der Waals surface area contributed by atoms with Crippen molar-refractivity contribution in [1.29, 1.82) is 0 Å². The van der Waals surface area contributed by atoms with E-state index in [-0.39, 0.29) is 0 Å². The SMILES string of the molecule is c1ccc(-c2cc(-c3ccc(-c4ccc(-c5ccc6ccc7cccnc7c6n5)c5ccccc45)cc3)nc(-c3ccccc3)n2)cc1. The summed E-state index contributed by atoms with van der Waals surface area (Å²) in [6.45, 7) is 0. The summed E-state index contributed by atoms with van der Waals surface area (Å²) in [6.07, 6.45) is 1.83. The Kier molecular flexibility index (Phi) is 6.76. The molecule has 0 saturated heterocycles. The maximum atomic E-state index is 5.15. The number of hydrogen-bond donors (Lipinski definition) is 0. The summed E-state index contributed by atoms with van der Waals surface area (Å²) >= 11 is 0. The number of nitrogens with zero attached hydrogens (tertiary/aromatic N) is 4. The molecule has 0 amide bonds. The van der Waals surface area contributed by atoms with Crippen LogP contribution in [-0.4, -0.2) is 19.9 Å². The van der Waals surface area contributed by atoms with E-state index in [1.54, 1.807) is 0 Å². The molecule has 4 nitrogen and oxygen atoms in total. The van der Waals surface area contributed by atoms with E-state index in [1.165, 1.54) is 10.9 Å². The largest absolute Gasteiger partial charge is 0.254 e. The highest BCUT2D eigenvalue weighted by Gasteiger charge is 2.14. The molecule has 224 valence electrons. The quantitative estimate of drug-likeness (QED) is 0.181. The first kappa shape index (κ1) is 27.8. The molecule has 0 aliphatic rings. The zero-order valence-corrected chi connectivity index (χ0v) is 26.0. The minimum Gasteiger partial charge on any atom is -0.254 e. The van der Waals surface area contributed by atoms with Crippen molar-refractivity contribution in [1.82, 2.24) is 19.9 Å². The van der Waals surface area contributed by atoms with Crippen LogP contribution in [0.25, 0.3) is 88.9 Å². The molecule has 0 unspecified atom stereocenters. The molecular weight excluding hydrogens is 585 g/mol. The van der Waals surface area contributed by atoms with Crippen molar-refractivity contribution in [3.63, 3.8) is 0 Å². The summed E-state index contributed by atoms with van der Waals surface area (Å²) in [6, 6.07) is 56.8. The van der Waals surface area contributed by atoms with Crippen molar-refractivity contribution < 1.29 is 0 Å². The highest BCUT2D eigenvalue weighted by atomic mass is 14.9. The van der Waals surface area contributed by atoms with Gasteiger partial charge in [-0.1, -0.05) is 146 Å². The molecule has 6 aromatic carbocycles. The van der Waals surface area contributed by atoms with Gasteiger partial charge in [-0.2, -0.15) is 0 Å². The van der Waals surface area contributed by atoms with E-state index in [0.29, 0.717) is 5.82 Å². The summed E-state index contributed by atoms with van der Waals surface area (Å²) in [7, 11) is 0. The number of fused-ring (bicyclic) bond motifs is 4. The fourth-order valence-corrected chi connectivity index (χ4v) is 6.54. The van der Waals surface area contributed by atoms with Crippen molar-refractivity contribution in [3.05, 3.63) is 170 Å². The Bertz CT molecular complexity index is 2540. The van der Waals surface area contributed by atoms with E-state index >= 15 is 0 Å². The Hall–Kier alpha value is -6.52. The predicted octanol–water partition coefficient (Wildman–Crippen LogP) is 11.1. The minimum absolute atomic E-state index is 0.712. The lowest BCUT2D eigenvalue weighted by Gasteiger charge is -2.13. The first-order valence-electron chi connectivity index (χ1n) is 16.1. The molecule has 0 atom stereocenters. The number of rotatable bonds is 5. The summed E-state index contributed by atoms with van der Waals surface area (Å²) < 4.78 is 0. The van der Waals surface area contributed by atoms with Gasteiger partial charge in [-0.05, 0) is 40.1 Å². The molecule has 4 heteroatoms. The Morgan fingerprint density at radius 2 is 0.896 bits per heavy atom. The van der Waals surface area contributed by atoms with Gasteiger partial charge in [0, 0.05) is 39.2 Å². The third-order valence-corrected chi connectivity index (χ3v) is 8.95. The van der Waals surface area contributed by atoms with Crippen LogP contribution in [-0.2, 0) is 0 Å². The molecule has 0 aliphatic carbocycles. The van der Waals surface area contributed by atoms with Gasteiger partial charge in [-0.3, -0.25) is 4.98 Å². The molecule has 9 aromatic rings. The molecule has 3 aromatic heterocycles. The molecule has 0 aliphatic heterocycles. The standard InChI is InChI=1S/C44H28N4/c1-3-10-30(11-4-1)40-28-41(48-44(47-40)34-12-5-2-6-13-34)31-19-17-29(18-20-31)35-24-25-38(37-16-8-7-15-36(35)37)39-26-23-33-22-21-32-14-9-27-45-42(32)43(33)46-39/h1-28H. The van der Waals surface area contributed by atoms with Crippen molar-refractivity contribution in [2.75, 3.05) is 0 Å². The van der Waals surface area contributed by atoms with Crippen LogP contribution in [0.15, 0.2) is 170 Å². The van der Waals surface area contributed by atoms with Crippen molar-refractivity contribution in [2.24, 2.45) is 0 Å². The molecule has 0 radical (unpaired) electrons. The van der Waals surface area contributed by atoms with Gasteiger partial charge in [0.1, 0.15) is 0 Å². The van der Waals surface area contributed by atoms with Crippen LogP contribution in [0.5, 0.6) is 0 Å². The highest BCUT2D eigenvalue weighted by molar-refractivity contribution is 6.07. The second kappa shape index (κ2) is 11.7. The number of aromatic nitrogens is 4. The van der Waals surface area contributed by atoms with E-state index in [2.05, 4.69) is 126 Å². The molecule has 0 bridgehead atoms. The number of pyridine rings is 2. The van der Waals surface area contributed by atoms with Gasteiger partial charge in [-0.15, -0.1) is 0 Å². The fraction of sp³-hybridized carbons (Fsp3) is 0. The van der Waals surface area contributed by atoms with E-state index in [1.807, 2.05) is 48.7 Å². The molecule has 48 heavy (non-hydrogen) atoms. The van der Waals surface area contributed by atoms with Crippen molar-refractivity contribution in [3.8, 4) is 56.3 Å². The molecule has 9 rings (SSSR count). The van der Waals surface area contributed by atoms with Crippen LogP contribution in [0.3, 0.4) is 0 Å². The lowest BCUT2D eigenvalue weighted by Crippen LogP contribution is -1.95. The van der Waals surface area contributed by atoms with E-state index in [9.17, 15) is 0 Å². The lowest BCUT2D eigenvalue weighted by atomic mass is 9.93. The number of hydrogen-bond acceptors (Lipinski definition) is 4. The second-order valence-corrected chi connectivity index (χ2v) is 11.9. The van der Waals surface area contributed by atoms with Crippen LogP contribution < -0.4 is 0 Å². The lowest BCUT2D eigenvalue weighted by molar-refractivity contribution is 1.18. The van der Waals surface area contributed by atoms with E-state index < -0.39 is 0 Å². The summed E-state index contributed by atoms with van der Waals surface area (Å²) in [5.41, 5.74) is 11.1. The zero-order valence-electron chi connectivity index (χ0n) is 26.0. The van der Waals surface area contributed by atoms with Gasteiger partial charge in [0.2, 0.25) is 0 Å². The van der Waals surface area contributed by atoms with Crippen LogP contribution in [0.2, 0.25) is 0 Å². The highest BCUT2D eigenvalue weighted by Crippen LogP contribution is 2.37. The van der Waals surface area contributed by atoms with Crippen LogP contribution in [0.4, 0.5) is 0 Å². The van der Waals surface area contributed by atoms with Crippen molar-refractivity contribution >= 4 is 32.6 Å². The van der Waals surface area contributed by atoms with Gasteiger partial charge in [-0.25, -0.2) is 15.0 Å². The Morgan fingerprint density at radius 3 is 1.62 bits per heavy atom. The van der Waals surface area contributed by atoms with Gasteiger partial charge < -0.3 is 0 Å². The van der Waals surface area contributed by atoms with Crippen LogP contribution >= 0.6 is 0 Å². The maximum Gasteiger partial charge on any atom is 0.160 e. The number of benzene rings is 6. The molecule has 0 spiro atoms.